The number of hydrogen-bond donors (Lipinski definition) is 1. The summed E-state index contributed by atoms with van der Waals surface area (Å²) in [6.45, 7) is 5.09. The van der Waals surface area contributed by atoms with E-state index >= 15 is 0 Å². The van der Waals surface area contributed by atoms with Gasteiger partial charge in [0.1, 0.15) is 4.21 Å². The van der Waals surface area contributed by atoms with Gasteiger partial charge in [0.05, 0.1) is 11.6 Å². The van der Waals surface area contributed by atoms with E-state index in [-0.39, 0.29) is 5.91 Å². The molecule has 0 spiro atoms. The van der Waals surface area contributed by atoms with E-state index in [0.717, 1.165) is 48.9 Å². The van der Waals surface area contributed by atoms with Gasteiger partial charge < -0.3 is 5.32 Å². The van der Waals surface area contributed by atoms with Crippen molar-refractivity contribution in [3.8, 4) is 6.07 Å². The van der Waals surface area contributed by atoms with Crippen LogP contribution in [0.4, 0.5) is 0 Å². The van der Waals surface area contributed by atoms with Crippen LogP contribution in [0, 0.1) is 18.3 Å². The van der Waals surface area contributed by atoms with Crippen LogP contribution in [0.3, 0.4) is 0 Å². The number of fused-ring (bicyclic) bond motifs is 2. The third-order valence-electron chi connectivity index (χ3n) is 6.78. The number of aryl methyl sites for hydroxylation is 1. The molecule has 3 heterocycles. The molecular weight excluding hydrogens is 456 g/mol. The summed E-state index contributed by atoms with van der Waals surface area (Å²) in [6, 6.07) is 7.76. The molecule has 33 heavy (non-hydrogen) atoms. The molecule has 1 unspecified atom stereocenters. The van der Waals surface area contributed by atoms with Crippen LogP contribution in [-0.4, -0.2) is 62.3 Å². The second-order valence-electron chi connectivity index (χ2n) is 9.04. The van der Waals surface area contributed by atoms with Gasteiger partial charge in [-0.2, -0.15) is 9.57 Å². The van der Waals surface area contributed by atoms with Crippen LogP contribution in [0.1, 0.15) is 56.1 Å². The minimum Gasteiger partial charge on any atom is -0.356 e. The summed E-state index contributed by atoms with van der Waals surface area (Å²) < 4.78 is 30.2. The highest BCUT2D eigenvalue weighted by molar-refractivity contribution is 7.91. The first-order valence-electron chi connectivity index (χ1n) is 11.8. The predicted molar refractivity (Wildman–Crippen MR) is 131 cm³/mol. The molecule has 1 aromatic heterocycles. The molecule has 178 valence electrons. The van der Waals surface area contributed by atoms with Gasteiger partial charge in [-0.25, -0.2) is 8.42 Å². The van der Waals surface area contributed by atoms with Crippen LogP contribution >= 0.6 is 11.3 Å². The molecule has 0 radical (unpaired) electrons. The van der Waals surface area contributed by atoms with Crippen molar-refractivity contribution < 1.29 is 13.2 Å². The Balaban J connectivity index is 1.55. The lowest BCUT2D eigenvalue weighted by Crippen LogP contribution is -2.43. The highest BCUT2D eigenvalue weighted by Crippen LogP contribution is 2.36. The van der Waals surface area contributed by atoms with Gasteiger partial charge in [0.2, 0.25) is 5.91 Å². The van der Waals surface area contributed by atoms with Gasteiger partial charge in [0.25, 0.3) is 10.0 Å². The monoisotopic (exact) mass is 488 g/mol. The highest BCUT2D eigenvalue weighted by atomic mass is 32.2. The lowest BCUT2D eigenvalue weighted by molar-refractivity contribution is -0.122. The van der Waals surface area contributed by atoms with Gasteiger partial charge in [-0.1, -0.05) is 6.42 Å². The molecule has 4 rings (SSSR count). The van der Waals surface area contributed by atoms with E-state index in [4.69, 9.17) is 0 Å². The van der Waals surface area contributed by atoms with Crippen LogP contribution in [0.2, 0.25) is 0 Å². The van der Waals surface area contributed by atoms with Crippen molar-refractivity contribution in [1.29, 1.82) is 5.26 Å². The van der Waals surface area contributed by atoms with Gasteiger partial charge in [-0.15, -0.1) is 11.3 Å². The third kappa shape index (κ3) is 5.40. The van der Waals surface area contributed by atoms with Crippen LogP contribution in [-0.2, 0) is 14.8 Å². The van der Waals surface area contributed by atoms with E-state index < -0.39 is 10.0 Å². The molecule has 2 aliphatic heterocycles. The number of carbonyl (C=O) groups is 1. The molecule has 9 heteroatoms. The van der Waals surface area contributed by atoms with E-state index in [2.05, 4.69) is 16.3 Å². The topological polar surface area (TPSA) is 93.5 Å². The standard InChI is InChI=1S/C24H32N4O3S2/c1-18-21-15-19(17-25)8-9-22(21)32-24(18)33(30,31)28-13-5-4-12-27-11-3-2-7-20(27)16-23(29)26-10-6-14-28/h8-9,15,20H,2-7,10-14,16H2,1H3,(H,26,29). The zero-order valence-electron chi connectivity index (χ0n) is 19.2. The van der Waals surface area contributed by atoms with E-state index in [1.165, 1.54) is 17.8 Å². The molecule has 0 saturated carbocycles. The quantitative estimate of drug-likeness (QED) is 0.697. The molecule has 7 nitrogen and oxygen atoms in total. The number of benzene rings is 1. The fraction of sp³-hybridized carbons (Fsp3) is 0.583. The number of piperidine rings is 1. The Bertz CT molecular complexity index is 1150. The fourth-order valence-corrected chi connectivity index (χ4v) is 8.34. The van der Waals surface area contributed by atoms with Crippen molar-refractivity contribution in [2.45, 2.75) is 62.1 Å². The average Bonchev–Trinajstić information content (AvgIpc) is 3.15. The van der Waals surface area contributed by atoms with Gasteiger partial charge in [-0.3, -0.25) is 9.69 Å². The van der Waals surface area contributed by atoms with Crippen molar-refractivity contribution >= 4 is 37.4 Å². The maximum atomic E-state index is 13.7. The molecule has 1 amide bonds. The number of thiophene rings is 1. The average molecular weight is 489 g/mol. The molecule has 2 fully saturated rings. The number of nitrogens with one attached hydrogen (secondary N) is 1. The number of nitriles is 1. The molecule has 1 aromatic carbocycles. The number of amides is 1. The van der Waals surface area contributed by atoms with Gasteiger partial charge in [-0.05, 0) is 81.3 Å². The fourth-order valence-electron chi connectivity index (χ4n) is 4.94. The minimum absolute atomic E-state index is 0.0641. The molecule has 0 bridgehead atoms. The first-order valence-corrected chi connectivity index (χ1v) is 14.1. The predicted octanol–water partition coefficient (Wildman–Crippen LogP) is 3.62. The summed E-state index contributed by atoms with van der Waals surface area (Å²) in [4.78, 5) is 14.9. The maximum absolute atomic E-state index is 13.7. The second kappa shape index (κ2) is 10.5. The van der Waals surface area contributed by atoms with Crippen molar-refractivity contribution in [2.75, 3.05) is 32.7 Å². The van der Waals surface area contributed by atoms with Crippen LogP contribution in [0.25, 0.3) is 10.1 Å². The molecule has 0 aliphatic carbocycles. The molecule has 1 atom stereocenters. The lowest BCUT2D eigenvalue weighted by atomic mass is 9.98. The Morgan fingerprint density at radius 1 is 1.09 bits per heavy atom. The maximum Gasteiger partial charge on any atom is 0.252 e. The smallest absolute Gasteiger partial charge is 0.252 e. The normalized spacial score (nSPS) is 22.4. The van der Waals surface area contributed by atoms with Crippen LogP contribution < -0.4 is 5.32 Å². The first-order chi connectivity index (χ1) is 15.9. The molecule has 2 saturated heterocycles. The van der Waals surface area contributed by atoms with E-state index in [0.29, 0.717) is 53.9 Å². The van der Waals surface area contributed by atoms with Gasteiger partial charge >= 0.3 is 0 Å². The SMILES string of the molecule is Cc1c(S(=O)(=O)N2CCCCN3CCCCC3CC(=O)NCCC2)sc2ccc(C#N)cc12. The van der Waals surface area contributed by atoms with Gasteiger partial charge in [0, 0.05) is 36.8 Å². The van der Waals surface area contributed by atoms with Crippen molar-refractivity contribution in [2.24, 2.45) is 0 Å². The summed E-state index contributed by atoms with van der Waals surface area (Å²) in [5.41, 5.74) is 1.24. The Morgan fingerprint density at radius 2 is 1.82 bits per heavy atom. The zero-order chi connectivity index (χ0) is 23.4. The largest absolute Gasteiger partial charge is 0.356 e. The van der Waals surface area contributed by atoms with E-state index in [1.54, 1.807) is 16.4 Å². The summed E-state index contributed by atoms with van der Waals surface area (Å²) in [6.07, 6.45) is 6.23. The lowest BCUT2D eigenvalue weighted by Gasteiger charge is -2.35. The van der Waals surface area contributed by atoms with Gasteiger partial charge in [0.15, 0.2) is 0 Å². The van der Waals surface area contributed by atoms with Crippen molar-refractivity contribution in [1.82, 2.24) is 14.5 Å². The third-order valence-corrected chi connectivity index (χ3v) is 10.5. The number of nitrogens with zero attached hydrogens (tertiary/aromatic N) is 3. The van der Waals surface area contributed by atoms with E-state index in [9.17, 15) is 18.5 Å². The highest BCUT2D eigenvalue weighted by Gasteiger charge is 2.30. The summed E-state index contributed by atoms with van der Waals surface area (Å²) >= 11 is 1.27. The number of sulfonamides is 1. The molecule has 1 N–H and O–H groups in total. The number of carbonyl (C=O) groups excluding carboxylic acids is 1. The van der Waals surface area contributed by atoms with Crippen molar-refractivity contribution in [3.63, 3.8) is 0 Å². The minimum atomic E-state index is -3.67. The van der Waals surface area contributed by atoms with E-state index in [1.807, 2.05) is 13.0 Å². The zero-order valence-corrected chi connectivity index (χ0v) is 20.8. The van der Waals surface area contributed by atoms with Crippen LogP contribution in [0.15, 0.2) is 22.4 Å². The summed E-state index contributed by atoms with van der Waals surface area (Å²) in [5.74, 6) is 0.0641. The van der Waals surface area contributed by atoms with Crippen molar-refractivity contribution in [3.05, 3.63) is 29.3 Å². The molecule has 2 aromatic rings. The van der Waals surface area contributed by atoms with Crippen LogP contribution in [0.5, 0.6) is 0 Å². The first kappa shape index (κ1) is 24.1. The summed E-state index contributed by atoms with van der Waals surface area (Å²) in [7, 11) is -3.67. The molecule has 2 aliphatic rings. The number of rotatable bonds is 2. The molecular formula is C24H32N4O3S2. The Morgan fingerprint density at radius 3 is 2.61 bits per heavy atom. The Hall–Kier alpha value is -1.99. The Labute approximate surface area is 200 Å². The second-order valence-corrected chi connectivity index (χ2v) is 12.2. The Kier molecular flexibility index (Phi) is 7.69. The summed E-state index contributed by atoms with van der Waals surface area (Å²) in [5, 5.41) is 13.0. The number of hydrogen-bond acceptors (Lipinski definition) is 6.